The molecule has 2 rings (SSSR count). The molecule has 0 radical (unpaired) electrons. The van der Waals surface area contributed by atoms with Crippen molar-refractivity contribution in [1.82, 2.24) is 9.55 Å². The Labute approximate surface area is 119 Å². The minimum Gasteiger partial charge on any atom is -0.481 e. The van der Waals surface area contributed by atoms with Crippen molar-refractivity contribution in [2.45, 2.75) is 46.6 Å². The maximum Gasteiger partial charge on any atom is 0.303 e. The minimum absolute atomic E-state index is 0.198. The molecule has 0 saturated carbocycles. The normalized spacial score (nSPS) is 11.4. The van der Waals surface area contributed by atoms with Gasteiger partial charge in [0.25, 0.3) is 0 Å². The zero-order valence-electron chi connectivity index (χ0n) is 12.4. The summed E-state index contributed by atoms with van der Waals surface area (Å²) in [6.07, 6.45) is 1.55. The molecule has 0 spiro atoms. The Morgan fingerprint density at radius 2 is 2.15 bits per heavy atom. The Morgan fingerprint density at radius 3 is 2.80 bits per heavy atom. The fourth-order valence-corrected chi connectivity index (χ4v) is 2.45. The number of hydrogen-bond acceptors (Lipinski definition) is 2. The van der Waals surface area contributed by atoms with E-state index in [0.717, 1.165) is 23.4 Å². The van der Waals surface area contributed by atoms with Gasteiger partial charge in [-0.1, -0.05) is 19.9 Å². The van der Waals surface area contributed by atoms with Gasteiger partial charge in [0, 0.05) is 19.4 Å². The van der Waals surface area contributed by atoms with Crippen molar-refractivity contribution in [1.29, 1.82) is 0 Å². The zero-order valence-corrected chi connectivity index (χ0v) is 12.4. The average molecular weight is 274 g/mol. The number of nitrogens with zero attached hydrogens (tertiary/aromatic N) is 2. The van der Waals surface area contributed by atoms with Gasteiger partial charge in [-0.25, -0.2) is 4.98 Å². The second-order valence-corrected chi connectivity index (χ2v) is 5.77. The van der Waals surface area contributed by atoms with Crippen molar-refractivity contribution in [3.63, 3.8) is 0 Å². The summed E-state index contributed by atoms with van der Waals surface area (Å²) in [5, 5.41) is 8.76. The van der Waals surface area contributed by atoms with Crippen molar-refractivity contribution >= 4 is 17.0 Å². The van der Waals surface area contributed by atoms with Crippen LogP contribution in [0, 0.1) is 12.8 Å². The molecule has 0 bridgehead atoms. The summed E-state index contributed by atoms with van der Waals surface area (Å²) >= 11 is 0. The standard InChI is InChI=1S/C16H22N2O2/c1-11(2)10-18-14-8-7-12(3)9-13(14)17-15(18)5-4-6-16(19)20/h7-9,11H,4-6,10H2,1-3H3,(H,19,20). The molecule has 20 heavy (non-hydrogen) atoms. The predicted molar refractivity (Wildman–Crippen MR) is 79.9 cm³/mol. The third-order valence-corrected chi connectivity index (χ3v) is 3.32. The average Bonchev–Trinajstić information content (AvgIpc) is 2.65. The topological polar surface area (TPSA) is 55.1 Å². The van der Waals surface area contributed by atoms with Gasteiger partial charge in [-0.05, 0) is 37.0 Å². The highest BCUT2D eigenvalue weighted by Crippen LogP contribution is 2.20. The highest BCUT2D eigenvalue weighted by Gasteiger charge is 2.12. The summed E-state index contributed by atoms with van der Waals surface area (Å²) in [4.78, 5) is 15.3. The van der Waals surface area contributed by atoms with Gasteiger partial charge >= 0.3 is 5.97 Å². The van der Waals surface area contributed by atoms with Crippen molar-refractivity contribution in [3.05, 3.63) is 29.6 Å². The van der Waals surface area contributed by atoms with Crippen LogP contribution >= 0.6 is 0 Å². The van der Waals surface area contributed by atoms with E-state index in [-0.39, 0.29) is 6.42 Å². The molecule has 2 aromatic rings. The highest BCUT2D eigenvalue weighted by atomic mass is 16.4. The van der Waals surface area contributed by atoms with Crippen LogP contribution in [0.3, 0.4) is 0 Å². The van der Waals surface area contributed by atoms with Crippen molar-refractivity contribution in [2.75, 3.05) is 0 Å². The molecule has 1 aromatic carbocycles. The van der Waals surface area contributed by atoms with E-state index in [1.54, 1.807) is 0 Å². The van der Waals surface area contributed by atoms with E-state index in [0.29, 0.717) is 18.8 Å². The summed E-state index contributed by atoms with van der Waals surface area (Å²) < 4.78 is 2.24. The number of aliphatic carboxylic acids is 1. The van der Waals surface area contributed by atoms with E-state index in [9.17, 15) is 4.79 Å². The number of carbonyl (C=O) groups is 1. The fourth-order valence-electron chi connectivity index (χ4n) is 2.45. The molecule has 1 N–H and O–H groups in total. The first kappa shape index (κ1) is 14.6. The van der Waals surface area contributed by atoms with Crippen LogP contribution in [0.4, 0.5) is 0 Å². The second-order valence-electron chi connectivity index (χ2n) is 5.77. The summed E-state index contributed by atoms with van der Waals surface area (Å²) in [7, 11) is 0. The molecule has 0 fully saturated rings. The predicted octanol–water partition coefficient (Wildman–Crippen LogP) is 3.41. The summed E-state index contributed by atoms with van der Waals surface area (Å²) in [6.45, 7) is 7.34. The lowest BCUT2D eigenvalue weighted by Gasteiger charge is -2.11. The maximum absolute atomic E-state index is 10.6. The minimum atomic E-state index is -0.743. The third kappa shape index (κ3) is 3.38. The van der Waals surface area contributed by atoms with Crippen molar-refractivity contribution in [3.8, 4) is 0 Å². The number of carboxylic acid groups (broad SMARTS) is 1. The van der Waals surface area contributed by atoms with Crippen LogP contribution < -0.4 is 0 Å². The summed E-state index contributed by atoms with van der Waals surface area (Å²) in [5.74, 6) is 0.792. The van der Waals surface area contributed by atoms with Gasteiger partial charge in [0.05, 0.1) is 11.0 Å². The van der Waals surface area contributed by atoms with E-state index >= 15 is 0 Å². The van der Waals surface area contributed by atoms with Gasteiger partial charge in [-0.15, -0.1) is 0 Å². The van der Waals surface area contributed by atoms with Crippen LogP contribution in [-0.4, -0.2) is 20.6 Å². The number of aryl methyl sites for hydroxylation is 2. The van der Waals surface area contributed by atoms with Gasteiger partial charge in [-0.3, -0.25) is 4.79 Å². The summed E-state index contributed by atoms with van der Waals surface area (Å²) in [6, 6.07) is 6.30. The maximum atomic E-state index is 10.6. The molecule has 4 heteroatoms. The Kier molecular flexibility index (Phi) is 4.42. The number of fused-ring (bicyclic) bond motifs is 1. The molecular weight excluding hydrogens is 252 g/mol. The SMILES string of the molecule is Cc1ccc2c(c1)nc(CCCC(=O)O)n2CC(C)C. The smallest absolute Gasteiger partial charge is 0.303 e. The van der Waals surface area contributed by atoms with Gasteiger partial charge in [0.2, 0.25) is 0 Å². The van der Waals surface area contributed by atoms with Crippen LogP contribution in [0.5, 0.6) is 0 Å². The lowest BCUT2D eigenvalue weighted by atomic mass is 10.2. The molecule has 0 atom stereocenters. The number of carboxylic acids is 1. The number of imidazole rings is 1. The second kappa shape index (κ2) is 6.07. The molecular formula is C16H22N2O2. The first-order valence-corrected chi connectivity index (χ1v) is 7.15. The Bertz CT molecular complexity index is 614. The van der Waals surface area contributed by atoms with Gasteiger partial charge in [-0.2, -0.15) is 0 Å². The van der Waals surface area contributed by atoms with Gasteiger partial charge in [0.1, 0.15) is 5.82 Å². The Morgan fingerprint density at radius 1 is 1.40 bits per heavy atom. The van der Waals surface area contributed by atoms with Crippen LogP contribution in [0.1, 0.15) is 38.1 Å². The molecule has 108 valence electrons. The van der Waals surface area contributed by atoms with E-state index in [2.05, 4.69) is 43.5 Å². The lowest BCUT2D eigenvalue weighted by Crippen LogP contribution is -2.09. The molecule has 0 saturated heterocycles. The molecule has 0 aliphatic rings. The molecule has 1 aromatic heterocycles. The number of aromatic nitrogens is 2. The van der Waals surface area contributed by atoms with E-state index in [4.69, 9.17) is 10.1 Å². The summed E-state index contributed by atoms with van der Waals surface area (Å²) in [5.41, 5.74) is 3.36. The van der Waals surface area contributed by atoms with Gasteiger partial charge in [0.15, 0.2) is 0 Å². The van der Waals surface area contributed by atoms with Crippen LogP contribution in [0.25, 0.3) is 11.0 Å². The Balaban J connectivity index is 2.32. The van der Waals surface area contributed by atoms with Crippen molar-refractivity contribution < 1.29 is 9.90 Å². The van der Waals surface area contributed by atoms with Crippen LogP contribution in [-0.2, 0) is 17.8 Å². The zero-order chi connectivity index (χ0) is 14.7. The number of benzene rings is 1. The van der Waals surface area contributed by atoms with Gasteiger partial charge < -0.3 is 9.67 Å². The first-order valence-electron chi connectivity index (χ1n) is 7.15. The molecule has 0 amide bonds. The fraction of sp³-hybridized carbons (Fsp3) is 0.500. The first-order chi connectivity index (χ1) is 9.47. The highest BCUT2D eigenvalue weighted by molar-refractivity contribution is 5.77. The van der Waals surface area contributed by atoms with E-state index < -0.39 is 5.97 Å². The van der Waals surface area contributed by atoms with Crippen molar-refractivity contribution in [2.24, 2.45) is 5.92 Å². The van der Waals surface area contributed by atoms with E-state index in [1.165, 1.54) is 5.56 Å². The molecule has 0 aliphatic heterocycles. The number of hydrogen-bond donors (Lipinski definition) is 1. The monoisotopic (exact) mass is 274 g/mol. The number of rotatable bonds is 6. The molecule has 4 nitrogen and oxygen atoms in total. The molecule has 0 aliphatic carbocycles. The van der Waals surface area contributed by atoms with E-state index in [1.807, 2.05) is 0 Å². The quantitative estimate of drug-likeness (QED) is 0.878. The van der Waals surface area contributed by atoms with Crippen LogP contribution in [0.15, 0.2) is 18.2 Å². The largest absolute Gasteiger partial charge is 0.481 e. The molecule has 1 heterocycles. The third-order valence-electron chi connectivity index (χ3n) is 3.32. The van der Waals surface area contributed by atoms with Crippen LogP contribution in [0.2, 0.25) is 0 Å². The lowest BCUT2D eigenvalue weighted by molar-refractivity contribution is -0.137. The molecule has 0 unspecified atom stereocenters. The Hall–Kier alpha value is -1.84.